The van der Waals surface area contributed by atoms with E-state index in [9.17, 15) is 4.79 Å². The first-order chi connectivity index (χ1) is 14.5. The minimum atomic E-state index is -0.850. The molecule has 0 saturated heterocycles. The molecule has 0 saturated carbocycles. The average Bonchev–Trinajstić information content (AvgIpc) is 2.74. The predicted molar refractivity (Wildman–Crippen MR) is 114 cm³/mol. The quantitative estimate of drug-likeness (QED) is 0.396. The number of rotatable bonds is 10. The lowest BCUT2D eigenvalue weighted by Crippen LogP contribution is -2.22. The highest BCUT2D eigenvalue weighted by molar-refractivity contribution is 5.91. The Morgan fingerprint density at radius 3 is 2.63 bits per heavy atom. The first kappa shape index (κ1) is 21.3. The molecular formula is C22H25N3O5. The van der Waals surface area contributed by atoms with Crippen molar-refractivity contribution in [2.75, 3.05) is 32.5 Å². The first-order valence-corrected chi connectivity index (χ1v) is 9.56. The van der Waals surface area contributed by atoms with Gasteiger partial charge in [0.25, 0.3) is 0 Å². The van der Waals surface area contributed by atoms with Gasteiger partial charge in [0.1, 0.15) is 18.4 Å². The van der Waals surface area contributed by atoms with E-state index in [1.165, 1.54) is 0 Å². The van der Waals surface area contributed by atoms with E-state index in [4.69, 9.17) is 19.3 Å². The molecule has 30 heavy (non-hydrogen) atoms. The number of hydrogen-bond acceptors (Lipinski definition) is 7. The molecule has 0 amide bonds. The number of aryl methyl sites for hydroxylation is 1. The molecule has 1 aromatic heterocycles. The Labute approximate surface area is 175 Å². The van der Waals surface area contributed by atoms with Gasteiger partial charge in [-0.15, -0.1) is 0 Å². The van der Waals surface area contributed by atoms with E-state index >= 15 is 0 Å². The highest BCUT2D eigenvalue weighted by Gasteiger charge is 2.18. The number of methoxy groups -OCH3 is 2. The molecule has 1 N–H and O–H groups in total. The van der Waals surface area contributed by atoms with E-state index in [1.807, 2.05) is 48.2 Å². The van der Waals surface area contributed by atoms with Crippen LogP contribution in [0.5, 0.6) is 11.5 Å². The van der Waals surface area contributed by atoms with Crippen molar-refractivity contribution in [1.29, 1.82) is 0 Å². The summed E-state index contributed by atoms with van der Waals surface area (Å²) in [6.07, 6.45) is 0.449. The van der Waals surface area contributed by atoms with Crippen LogP contribution in [0.15, 0.2) is 42.5 Å². The molecular weight excluding hydrogens is 386 g/mol. The van der Waals surface area contributed by atoms with Crippen molar-refractivity contribution >= 4 is 28.4 Å². The summed E-state index contributed by atoms with van der Waals surface area (Å²) in [4.78, 5) is 21.8. The van der Waals surface area contributed by atoms with E-state index in [2.05, 4.69) is 9.97 Å². The van der Waals surface area contributed by atoms with Gasteiger partial charge in [-0.05, 0) is 37.6 Å². The summed E-state index contributed by atoms with van der Waals surface area (Å²) in [5.74, 6) is 1.62. The number of carboxylic acid groups (broad SMARTS) is 1. The van der Waals surface area contributed by atoms with Crippen LogP contribution < -0.4 is 14.4 Å². The molecule has 158 valence electrons. The Hall–Kier alpha value is -3.39. The molecule has 3 rings (SSSR count). The zero-order valence-corrected chi connectivity index (χ0v) is 17.3. The molecule has 0 bridgehead atoms. The van der Waals surface area contributed by atoms with Gasteiger partial charge in [-0.1, -0.05) is 12.1 Å². The van der Waals surface area contributed by atoms with Crippen molar-refractivity contribution in [1.82, 2.24) is 9.97 Å². The van der Waals surface area contributed by atoms with E-state index in [0.717, 1.165) is 22.4 Å². The van der Waals surface area contributed by atoms with Crippen LogP contribution in [0, 0.1) is 6.92 Å². The highest BCUT2D eigenvalue weighted by atomic mass is 16.5. The van der Waals surface area contributed by atoms with Crippen LogP contribution >= 0.6 is 0 Å². The number of fused-ring (bicyclic) bond motifs is 1. The van der Waals surface area contributed by atoms with Crippen LogP contribution in [-0.4, -0.2) is 48.6 Å². The molecule has 0 aliphatic rings. The Bertz CT molecular complexity index is 1020. The number of carbonyl (C=O) groups is 1. The zero-order valence-electron chi connectivity index (χ0n) is 17.3. The van der Waals surface area contributed by atoms with Gasteiger partial charge in [-0.3, -0.25) is 4.79 Å². The highest BCUT2D eigenvalue weighted by Crippen LogP contribution is 2.36. The van der Waals surface area contributed by atoms with Crippen molar-refractivity contribution in [3.63, 3.8) is 0 Å². The number of benzene rings is 2. The summed E-state index contributed by atoms with van der Waals surface area (Å²) in [5, 5.41) is 9.71. The Balaban J connectivity index is 1.98. The van der Waals surface area contributed by atoms with Crippen LogP contribution in [0.3, 0.4) is 0 Å². The van der Waals surface area contributed by atoms with Crippen LogP contribution in [-0.2, 0) is 9.53 Å². The van der Waals surface area contributed by atoms with Gasteiger partial charge in [0.15, 0.2) is 11.5 Å². The van der Waals surface area contributed by atoms with Crippen LogP contribution in [0.4, 0.5) is 11.5 Å². The largest absolute Gasteiger partial charge is 0.493 e. The molecule has 8 heteroatoms. The number of aliphatic carboxylic acids is 1. The van der Waals surface area contributed by atoms with Crippen molar-refractivity contribution in [3.8, 4) is 11.5 Å². The van der Waals surface area contributed by atoms with E-state index in [-0.39, 0.29) is 19.8 Å². The third-order valence-corrected chi connectivity index (χ3v) is 4.46. The second-order valence-corrected chi connectivity index (χ2v) is 6.64. The van der Waals surface area contributed by atoms with Crippen molar-refractivity contribution < 1.29 is 24.1 Å². The number of para-hydroxylation sites is 1. The lowest BCUT2D eigenvalue weighted by molar-refractivity contribution is -0.137. The van der Waals surface area contributed by atoms with E-state index in [0.29, 0.717) is 23.7 Å². The maximum Gasteiger partial charge on any atom is 0.303 e. The molecule has 0 aliphatic heterocycles. The van der Waals surface area contributed by atoms with Crippen LogP contribution in [0.2, 0.25) is 0 Å². The van der Waals surface area contributed by atoms with Crippen molar-refractivity contribution in [2.45, 2.75) is 19.8 Å². The molecule has 0 spiro atoms. The number of nitrogens with zero attached hydrogens (tertiary/aromatic N) is 3. The lowest BCUT2D eigenvalue weighted by Gasteiger charge is -2.25. The molecule has 8 nitrogen and oxygen atoms in total. The van der Waals surface area contributed by atoms with Crippen LogP contribution in [0.1, 0.15) is 18.7 Å². The normalized spacial score (nSPS) is 10.8. The molecule has 1 heterocycles. The third-order valence-electron chi connectivity index (χ3n) is 4.46. The molecule has 0 unspecified atom stereocenters. The van der Waals surface area contributed by atoms with Gasteiger partial charge in [0.05, 0.1) is 19.2 Å². The second kappa shape index (κ2) is 9.89. The molecule has 3 aromatic rings. The van der Waals surface area contributed by atoms with Gasteiger partial charge < -0.3 is 24.2 Å². The monoisotopic (exact) mass is 411 g/mol. The summed E-state index contributed by atoms with van der Waals surface area (Å²) >= 11 is 0. The number of anilines is 2. The minimum Gasteiger partial charge on any atom is -0.493 e. The fraction of sp³-hybridized carbons (Fsp3) is 0.318. The van der Waals surface area contributed by atoms with Gasteiger partial charge in [-0.2, -0.15) is 0 Å². The standard InChI is InChI=1S/C22H25N3O5/c1-15-23-18-8-5-4-7-17(18)22(24-15)25(14-28-2)16-10-11-19(29-3)20(13-16)30-12-6-9-21(26)27/h4-5,7-8,10-11,13H,6,9,12,14H2,1-3H3,(H,26,27). The summed E-state index contributed by atoms with van der Waals surface area (Å²) in [7, 11) is 3.18. The van der Waals surface area contributed by atoms with Gasteiger partial charge in [0.2, 0.25) is 0 Å². The number of hydrogen-bond donors (Lipinski definition) is 1. The molecule has 0 radical (unpaired) electrons. The Morgan fingerprint density at radius 1 is 1.10 bits per heavy atom. The summed E-state index contributed by atoms with van der Waals surface area (Å²) in [6, 6.07) is 13.3. The number of carboxylic acids is 1. The summed E-state index contributed by atoms with van der Waals surface area (Å²) < 4.78 is 16.7. The smallest absolute Gasteiger partial charge is 0.303 e. The Kier molecular flexibility index (Phi) is 7.03. The number of aromatic nitrogens is 2. The first-order valence-electron chi connectivity index (χ1n) is 9.56. The topological polar surface area (TPSA) is 94.0 Å². The fourth-order valence-corrected chi connectivity index (χ4v) is 3.12. The number of ether oxygens (including phenoxy) is 3. The predicted octanol–water partition coefficient (Wildman–Crippen LogP) is 3.93. The SMILES string of the molecule is COCN(c1ccc(OC)c(OCCCC(=O)O)c1)c1nc(C)nc2ccccc12. The molecule has 0 fully saturated rings. The summed E-state index contributed by atoms with van der Waals surface area (Å²) in [5.41, 5.74) is 1.65. The maximum atomic E-state index is 10.7. The van der Waals surface area contributed by atoms with E-state index in [1.54, 1.807) is 20.3 Å². The lowest BCUT2D eigenvalue weighted by atomic mass is 10.2. The second-order valence-electron chi connectivity index (χ2n) is 6.64. The molecule has 0 atom stereocenters. The summed E-state index contributed by atoms with van der Waals surface area (Å²) in [6.45, 7) is 2.39. The Morgan fingerprint density at radius 2 is 1.90 bits per heavy atom. The molecule has 2 aromatic carbocycles. The maximum absolute atomic E-state index is 10.7. The fourth-order valence-electron chi connectivity index (χ4n) is 3.12. The van der Waals surface area contributed by atoms with Crippen molar-refractivity contribution in [2.24, 2.45) is 0 Å². The third kappa shape index (κ3) is 4.96. The zero-order chi connectivity index (χ0) is 21.5. The van der Waals surface area contributed by atoms with Crippen LogP contribution in [0.25, 0.3) is 10.9 Å². The van der Waals surface area contributed by atoms with Crippen molar-refractivity contribution in [3.05, 3.63) is 48.3 Å². The van der Waals surface area contributed by atoms with Gasteiger partial charge in [-0.25, -0.2) is 9.97 Å². The van der Waals surface area contributed by atoms with Gasteiger partial charge in [0, 0.05) is 30.7 Å². The molecule has 0 aliphatic carbocycles. The van der Waals surface area contributed by atoms with E-state index < -0.39 is 5.97 Å². The van der Waals surface area contributed by atoms with Gasteiger partial charge >= 0.3 is 5.97 Å². The average molecular weight is 411 g/mol. The minimum absolute atomic E-state index is 0.0456.